The molecule has 3 heterocycles. The fourth-order valence-corrected chi connectivity index (χ4v) is 2.78. The van der Waals surface area contributed by atoms with Crippen molar-refractivity contribution in [2.75, 3.05) is 18.4 Å². The van der Waals surface area contributed by atoms with Gasteiger partial charge in [0.2, 0.25) is 5.88 Å². The first-order valence-corrected chi connectivity index (χ1v) is 7.19. The first kappa shape index (κ1) is 13.7. The summed E-state index contributed by atoms with van der Waals surface area (Å²) >= 11 is 0. The average molecular weight is 312 g/mol. The minimum Gasteiger partial charge on any atom is -0.442 e. The van der Waals surface area contributed by atoms with Crippen LogP contribution in [-0.4, -0.2) is 36.1 Å². The van der Waals surface area contributed by atoms with Crippen molar-refractivity contribution < 1.29 is 13.6 Å². The van der Waals surface area contributed by atoms with Crippen LogP contribution in [0.5, 0.6) is 0 Å². The number of aryl methyl sites for hydroxylation is 1. The molecule has 2 aliphatic heterocycles. The first-order valence-electron chi connectivity index (χ1n) is 7.19. The fraction of sp³-hybridized carbons (Fsp3) is 0.188. The molecule has 0 spiro atoms. The molecule has 2 aliphatic rings. The Labute approximate surface area is 131 Å². The Bertz CT molecular complexity index is 869. The van der Waals surface area contributed by atoms with Crippen molar-refractivity contribution in [2.24, 2.45) is 9.98 Å². The van der Waals surface area contributed by atoms with Crippen LogP contribution in [0.2, 0.25) is 0 Å². The van der Waals surface area contributed by atoms with Crippen LogP contribution in [0.15, 0.2) is 38.7 Å². The van der Waals surface area contributed by atoms with E-state index >= 15 is 0 Å². The molecule has 1 aromatic heterocycles. The lowest BCUT2D eigenvalue weighted by Crippen LogP contribution is -2.30. The number of rotatable bonds is 2. The maximum atomic E-state index is 13.3. The molecule has 0 saturated carbocycles. The van der Waals surface area contributed by atoms with E-state index in [4.69, 9.17) is 4.42 Å². The van der Waals surface area contributed by atoms with Gasteiger partial charge in [-0.15, -0.1) is 0 Å². The van der Waals surface area contributed by atoms with E-state index in [0.717, 1.165) is 6.54 Å². The molecule has 7 heteroatoms. The molecule has 0 fully saturated rings. The van der Waals surface area contributed by atoms with Gasteiger partial charge in [-0.05, 0) is 25.1 Å². The molecular formula is C16H13FN4O2. The quantitative estimate of drug-likeness (QED) is 0.927. The Morgan fingerprint density at radius 2 is 2.30 bits per heavy atom. The van der Waals surface area contributed by atoms with Gasteiger partial charge in [0.05, 0.1) is 17.7 Å². The number of amides is 1. The van der Waals surface area contributed by atoms with Crippen LogP contribution in [0, 0.1) is 12.7 Å². The predicted octanol–water partition coefficient (Wildman–Crippen LogP) is 2.72. The van der Waals surface area contributed by atoms with E-state index < -0.39 is 5.82 Å². The van der Waals surface area contributed by atoms with Gasteiger partial charge < -0.3 is 14.6 Å². The molecule has 0 radical (unpaired) electrons. The smallest absolute Gasteiger partial charge is 0.260 e. The Hall–Kier alpha value is -2.96. The second kappa shape index (κ2) is 5.05. The summed E-state index contributed by atoms with van der Waals surface area (Å²) in [4.78, 5) is 23.2. The Morgan fingerprint density at radius 3 is 3.13 bits per heavy atom. The highest BCUT2D eigenvalue weighted by atomic mass is 19.1. The molecule has 1 aromatic carbocycles. The largest absolute Gasteiger partial charge is 0.442 e. The number of halogens is 1. The lowest BCUT2D eigenvalue weighted by molar-refractivity contribution is 0.102. The van der Waals surface area contributed by atoms with Gasteiger partial charge in [0.25, 0.3) is 5.91 Å². The number of nitrogens with zero attached hydrogens (tertiary/aromatic N) is 3. The highest BCUT2D eigenvalue weighted by Gasteiger charge is 2.33. The minimum absolute atomic E-state index is 0.371. The average Bonchev–Trinajstić information content (AvgIpc) is 3.09. The van der Waals surface area contributed by atoms with Crippen LogP contribution in [-0.2, 0) is 0 Å². The second-order valence-corrected chi connectivity index (χ2v) is 5.32. The lowest BCUT2D eigenvalue weighted by atomic mass is 10.1. The number of carbonyl (C=O) groups is 1. The SMILES string of the molecule is Cc1oc2c(c1C(=O)Nc1cccc(F)c1)C1=NCCN1C=N2. The van der Waals surface area contributed by atoms with Crippen molar-refractivity contribution >= 4 is 29.7 Å². The van der Waals surface area contributed by atoms with Crippen LogP contribution in [0.1, 0.15) is 21.7 Å². The molecule has 116 valence electrons. The normalized spacial score (nSPS) is 15.2. The van der Waals surface area contributed by atoms with Gasteiger partial charge in [-0.3, -0.25) is 9.79 Å². The van der Waals surface area contributed by atoms with Crippen molar-refractivity contribution in [1.29, 1.82) is 0 Å². The highest BCUT2D eigenvalue weighted by molar-refractivity contribution is 6.19. The summed E-state index contributed by atoms with van der Waals surface area (Å²) in [5, 5.41) is 2.69. The number of amidine groups is 1. The van der Waals surface area contributed by atoms with E-state index in [1.165, 1.54) is 18.2 Å². The van der Waals surface area contributed by atoms with Crippen LogP contribution in [0.25, 0.3) is 0 Å². The molecule has 2 aromatic rings. The third-order valence-corrected chi connectivity index (χ3v) is 3.79. The van der Waals surface area contributed by atoms with Crippen molar-refractivity contribution in [1.82, 2.24) is 4.90 Å². The number of anilines is 1. The van der Waals surface area contributed by atoms with Gasteiger partial charge in [-0.2, -0.15) is 0 Å². The van der Waals surface area contributed by atoms with Gasteiger partial charge >= 0.3 is 0 Å². The monoisotopic (exact) mass is 312 g/mol. The zero-order chi connectivity index (χ0) is 16.0. The van der Waals surface area contributed by atoms with Crippen LogP contribution in [0.3, 0.4) is 0 Å². The van der Waals surface area contributed by atoms with E-state index in [1.807, 2.05) is 4.90 Å². The zero-order valence-corrected chi connectivity index (χ0v) is 12.3. The molecule has 23 heavy (non-hydrogen) atoms. The Kier molecular flexibility index (Phi) is 3.00. The van der Waals surface area contributed by atoms with Gasteiger partial charge in [0, 0.05) is 12.2 Å². The van der Waals surface area contributed by atoms with Gasteiger partial charge in [0.15, 0.2) is 0 Å². The first-order chi connectivity index (χ1) is 11.1. The van der Waals surface area contributed by atoms with Crippen LogP contribution < -0.4 is 5.32 Å². The zero-order valence-electron chi connectivity index (χ0n) is 12.3. The van der Waals surface area contributed by atoms with Crippen molar-refractivity contribution in [2.45, 2.75) is 6.92 Å². The summed E-state index contributed by atoms with van der Waals surface area (Å²) < 4.78 is 18.9. The summed E-state index contributed by atoms with van der Waals surface area (Å²) in [5.41, 5.74) is 1.36. The molecule has 0 saturated heterocycles. The molecule has 1 N–H and O–H groups in total. The summed E-state index contributed by atoms with van der Waals surface area (Å²) in [6.07, 6.45) is 1.66. The predicted molar refractivity (Wildman–Crippen MR) is 84.1 cm³/mol. The van der Waals surface area contributed by atoms with E-state index in [0.29, 0.717) is 40.8 Å². The molecule has 0 aliphatic carbocycles. The topological polar surface area (TPSA) is 70.2 Å². The van der Waals surface area contributed by atoms with Crippen molar-refractivity contribution in [3.05, 3.63) is 47.0 Å². The van der Waals surface area contributed by atoms with E-state index in [9.17, 15) is 9.18 Å². The molecule has 4 rings (SSSR count). The number of hydrogen-bond acceptors (Lipinski definition) is 5. The number of nitrogens with one attached hydrogen (secondary N) is 1. The molecule has 6 nitrogen and oxygen atoms in total. The third-order valence-electron chi connectivity index (χ3n) is 3.79. The molecule has 0 unspecified atom stereocenters. The second-order valence-electron chi connectivity index (χ2n) is 5.32. The number of furan rings is 1. The molecular weight excluding hydrogens is 299 g/mol. The minimum atomic E-state index is -0.412. The Balaban J connectivity index is 1.74. The van der Waals surface area contributed by atoms with Crippen LogP contribution >= 0.6 is 0 Å². The summed E-state index contributed by atoms with van der Waals surface area (Å²) in [6.45, 7) is 3.08. The van der Waals surface area contributed by atoms with E-state index in [-0.39, 0.29) is 5.91 Å². The van der Waals surface area contributed by atoms with Gasteiger partial charge in [-0.1, -0.05) is 6.07 Å². The number of hydrogen-bond donors (Lipinski definition) is 1. The maximum absolute atomic E-state index is 13.3. The Morgan fingerprint density at radius 1 is 1.43 bits per heavy atom. The number of benzene rings is 1. The standard InChI is InChI=1S/C16H13FN4O2/c1-9-12(15(22)20-11-4-2-3-10(17)7-11)13-14-18-5-6-21(14)8-19-16(13)23-9/h2-4,7-8H,5-6H2,1H3,(H,20,22). The van der Waals surface area contributed by atoms with E-state index in [2.05, 4.69) is 15.3 Å². The van der Waals surface area contributed by atoms with Gasteiger partial charge in [0.1, 0.15) is 23.8 Å². The fourth-order valence-electron chi connectivity index (χ4n) is 2.78. The number of fused-ring (bicyclic) bond motifs is 3. The maximum Gasteiger partial charge on any atom is 0.260 e. The number of aliphatic imine (C=N–C) groups is 2. The number of carbonyl (C=O) groups excluding carboxylic acids is 1. The highest BCUT2D eigenvalue weighted by Crippen LogP contribution is 2.34. The molecule has 0 bridgehead atoms. The summed E-state index contributed by atoms with van der Waals surface area (Å²) in [6, 6.07) is 5.74. The summed E-state index contributed by atoms with van der Waals surface area (Å²) in [5.74, 6) is 0.743. The van der Waals surface area contributed by atoms with Crippen LogP contribution in [0.4, 0.5) is 16.0 Å². The molecule has 1 amide bonds. The van der Waals surface area contributed by atoms with Gasteiger partial charge in [-0.25, -0.2) is 9.38 Å². The molecule has 0 atom stereocenters. The van der Waals surface area contributed by atoms with E-state index in [1.54, 1.807) is 19.3 Å². The van der Waals surface area contributed by atoms with Crippen molar-refractivity contribution in [3.8, 4) is 0 Å². The third kappa shape index (κ3) is 2.21. The van der Waals surface area contributed by atoms with Crippen molar-refractivity contribution in [3.63, 3.8) is 0 Å². The summed E-state index contributed by atoms with van der Waals surface area (Å²) in [7, 11) is 0. The lowest BCUT2D eigenvalue weighted by Gasteiger charge is -2.18.